The monoisotopic (exact) mass is 257 g/mol. The minimum atomic E-state index is -4.56. The molecule has 0 bridgehead atoms. The normalized spacial score (nSPS) is 11.6. The highest BCUT2D eigenvalue weighted by atomic mass is 19.4. The van der Waals surface area contributed by atoms with Crippen molar-refractivity contribution in [2.75, 3.05) is 0 Å². The highest BCUT2D eigenvalue weighted by molar-refractivity contribution is 5.65. The van der Waals surface area contributed by atoms with Gasteiger partial charge in [-0.3, -0.25) is 0 Å². The summed E-state index contributed by atoms with van der Waals surface area (Å²) in [5, 5.41) is 0. The van der Waals surface area contributed by atoms with E-state index in [1.165, 1.54) is 0 Å². The van der Waals surface area contributed by atoms with Crippen molar-refractivity contribution in [1.82, 2.24) is 0 Å². The van der Waals surface area contributed by atoms with E-state index in [-0.39, 0.29) is 5.56 Å². The topological polar surface area (TPSA) is 0 Å². The Morgan fingerprint density at radius 1 is 0.944 bits per heavy atom. The average Bonchev–Trinajstić information content (AvgIpc) is 2.28. The summed E-state index contributed by atoms with van der Waals surface area (Å²) >= 11 is 0. The summed E-state index contributed by atoms with van der Waals surface area (Å²) in [7, 11) is 0. The lowest BCUT2D eigenvalue weighted by Gasteiger charge is -2.09. The molecular formula is C13H6F5. The quantitative estimate of drug-likeness (QED) is 0.662. The average molecular weight is 257 g/mol. The van der Waals surface area contributed by atoms with Crippen molar-refractivity contribution in [3.05, 3.63) is 59.7 Å². The fourth-order valence-electron chi connectivity index (χ4n) is 1.54. The van der Waals surface area contributed by atoms with Crippen LogP contribution in [0.5, 0.6) is 0 Å². The third-order valence-electron chi connectivity index (χ3n) is 2.36. The molecule has 0 spiro atoms. The lowest BCUT2D eigenvalue weighted by atomic mass is 10.0. The van der Waals surface area contributed by atoms with Crippen molar-refractivity contribution in [2.24, 2.45) is 0 Å². The summed E-state index contributed by atoms with van der Waals surface area (Å²) in [5.41, 5.74) is -1.75. The lowest BCUT2D eigenvalue weighted by Crippen LogP contribution is -2.05. The Morgan fingerprint density at radius 2 is 1.56 bits per heavy atom. The molecule has 93 valence electrons. The molecule has 0 nitrogen and oxygen atoms in total. The van der Waals surface area contributed by atoms with E-state index in [1.54, 1.807) is 0 Å². The molecule has 0 heterocycles. The molecule has 1 radical (unpaired) electrons. The molecule has 5 heteroatoms. The summed E-state index contributed by atoms with van der Waals surface area (Å²) < 4.78 is 64.3. The molecule has 2 aromatic rings. The molecule has 0 aromatic heterocycles. The molecule has 0 unspecified atom stereocenters. The predicted octanol–water partition coefficient (Wildman–Crippen LogP) is 4.45. The van der Waals surface area contributed by atoms with Crippen LogP contribution in [0.15, 0.2) is 36.4 Å². The van der Waals surface area contributed by atoms with Crippen LogP contribution >= 0.6 is 0 Å². The van der Waals surface area contributed by atoms with Gasteiger partial charge in [-0.2, -0.15) is 13.2 Å². The van der Waals surface area contributed by atoms with E-state index in [1.807, 2.05) is 0 Å². The van der Waals surface area contributed by atoms with Crippen molar-refractivity contribution < 1.29 is 22.0 Å². The van der Waals surface area contributed by atoms with Crippen molar-refractivity contribution in [1.29, 1.82) is 0 Å². The van der Waals surface area contributed by atoms with E-state index in [4.69, 9.17) is 0 Å². The fraction of sp³-hybridized carbons (Fsp3) is 0.0769. The molecule has 0 aliphatic carbocycles. The molecule has 0 amide bonds. The lowest BCUT2D eigenvalue weighted by molar-refractivity contribution is -0.137. The summed E-state index contributed by atoms with van der Waals surface area (Å²) in [4.78, 5) is 0. The number of alkyl halides is 3. The standard InChI is InChI=1S/C13H6F5/c14-10-5-2-6-11(15)12(10)8-3-1-4-9(7-8)13(16,17)18/h1-2,4-7H. The third kappa shape index (κ3) is 2.34. The molecule has 0 N–H and O–H groups in total. The molecular weight excluding hydrogens is 251 g/mol. The fourth-order valence-corrected chi connectivity index (χ4v) is 1.54. The maximum absolute atomic E-state index is 13.4. The second-order valence-electron chi connectivity index (χ2n) is 3.59. The van der Waals surface area contributed by atoms with Gasteiger partial charge < -0.3 is 0 Å². The molecule has 2 rings (SSSR count). The van der Waals surface area contributed by atoms with E-state index < -0.39 is 28.9 Å². The summed E-state index contributed by atoms with van der Waals surface area (Å²) in [6.45, 7) is 0. The van der Waals surface area contributed by atoms with Gasteiger partial charge in [-0.15, -0.1) is 0 Å². The second kappa shape index (κ2) is 4.40. The molecule has 0 aliphatic heterocycles. The molecule has 0 saturated carbocycles. The first kappa shape index (κ1) is 12.5. The van der Waals surface area contributed by atoms with Gasteiger partial charge in [-0.25, -0.2) is 8.78 Å². The molecule has 0 aliphatic rings. The van der Waals surface area contributed by atoms with E-state index >= 15 is 0 Å². The molecule has 0 fully saturated rings. The van der Waals surface area contributed by atoms with Crippen molar-refractivity contribution >= 4 is 0 Å². The zero-order valence-electron chi connectivity index (χ0n) is 8.85. The Balaban J connectivity index is 2.59. The molecule has 0 saturated heterocycles. The zero-order chi connectivity index (χ0) is 13.3. The van der Waals surface area contributed by atoms with Crippen molar-refractivity contribution in [2.45, 2.75) is 6.18 Å². The van der Waals surface area contributed by atoms with Crippen LogP contribution < -0.4 is 0 Å². The zero-order valence-corrected chi connectivity index (χ0v) is 8.85. The Bertz CT molecular complexity index is 552. The minimum absolute atomic E-state index is 0.263. The van der Waals surface area contributed by atoms with Crippen LogP contribution in [0.4, 0.5) is 22.0 Å². The van der Waals surface area contributed by atoms with Crippen LogP contribution in [-0.4, -0.2) is 0 Å². The summed E-state index contributed by atoms with van der Waals surface area (Å²) in [6, 6.07) is 7.95. The van der Waals surface area contributed by atoms with Gasteiger partial charge in [-0.1, -0.05) is 12.1 Å². The van der Waals surface area contributed by atoms with E-state index in [9.17, 15) is 22.0 Å². The van der Waals surface area contributed by atoms with Gasteiger partial charge in [0, 0.05) is 0 Å². The van der Waals surface area contributed by atoms with Gasteiger partial charge in [0.05, 0.1) is 11.1 Å². The van der Waals surface area contributed by atoms with Gasteiger partial charge in [0.2, 0.25) is 0 Å². The first-order chi connectivity index (χ1) is 8.39. The Kier molecular flexibility index (Phi) is 3.07. The smallest absolute Gasteiger partial charge is 0.206 e. The van der Waals surface area contributed by atoms with Gasteiger partial charge >= 0.3 is 6.18 Å². The SMILES string of the molecule is Fc1cccc(F)c1-c1[c]ccc(C(F)(F)F)c1. The Labute approximate surface area is 99.7 Å². The molecule has 0 atom stereocenters. The number of hydrogen-bond acceptors (Lipinski definition) is 0. The Morgan fingerprint density at radius 3 is 2.11 bits per heavy atom. The van der Waals surface area contributed by atoms with E-state index in [0.717, 1.165) is 30.3 Å². The highest BCUT2D eigenvalue weighted by Crippen LogP contribution is 2.33. The van der Waals surface area contributed by atoms with Crippen LogP contribution in [0.2, 0.25) is 0 Å². The van der Waals surface area contributed by atoms with Gasteiger partial charge in [0.15, 0.2) is 0 Å². The largest absolute Gasteiger partial charge is 0.416 e. The minimum Gasteiger partial charge on any atom is -0.206 e. The number of benzene rings is 2. The van der Waals surface area contributed by atoms with Crippen molar-refractivity contribution in [3.8, 4) is 11.1 Å². The van der Waals surface area contributed by atoms with Crippen LogP contribution in [0.25, 0.3) is 11.1 Å². The van der Waals surface area contributed by atoms with Crippen LogP contribution in [-0.2, 0) is 6.18 Å². The molecule has 18 heavy (non-hydrogen) atoms. The van der Waals surface area contributed by atoms with Crippen LogP contribution in [0.3, 0.4) is 0 Å². The van der Waals surface area contributed by atoms with Crippen LogP contribution in [0.1, 0.15) is 5.56 Å². The maximum Gasteiger partial charge on any atom is 0.416 e. The maximum atomic E-state index is 13.4. The van der Waals surface area contributed by atoms with Crippen LogP contribution in [0, 0.1) is 17.7 Å². The summed E-state index contributed by atoms with van der Waals surface area (Å²) in [5.74, 6) is -1.85. The van der Waals surface area contributed by atoms with Gasteiger partial charge in [-0.05, 0) is 35.9 Å². The molecule has 2 aromatic carbocycles. The van der Waals surface area contributed by atoms with Gasteiger partial charge in [0.1, 0.15) is 11.6 Å². The van der Waals surface area contributed by atoms with E-state index in [0.29, 0.717) is 6.07 Å². The van der Waals surface area contributed by atoms with Gasteiger partial charge in [0.25, 0.3) is 0 Å². The number of hydrogen-bond donors (Lipinski definition) is 0. The Hall–Kier alpha value is -1.91. The summed E-state index contributed by atoms with van der Waals surface area (Å²) in [6.07, 6.45) is -4.56. The van der Waals surface area contributed by atoms with Crippen molar-refractivity contribution in [3.63, 3.8) is 0 Å². The number of rotatable bonds is 1. The third-order valence-corrected chi connectivity index (χ3v) is 2.36. The first-order valence-electron chi connectivity index (χ1n) is 4.93. The predicted molar refractivity (Wildman–Crippen MR) is 55.6 cm³/mol. The van der Waals surface area contributed by atoms with E-state index in [2.05, 4.69) is 6.07 Å². The highest BCUT2D eigenvalue weighted by Gasteiger charge is 2.30. The first-order valence-corrected chi connectivity index (χ1v) is 4.93. The number of halogens is 5. The second-order valence-corrected chi connectivity index (χ2v) is 3.59.